The van der Waals surface area contributed by atoms with Gasteiger partial charge in [-0.25, -0.2) is 14.4 Å². The Hall–Kier alpha value is -1.40. The van der Waals surface area contributed by atoms with Crippen molar-refractivity contribution in [2.45, 2.75) is 19.0 Å². The summed E-state index contributed by atoms with van der Waals surface area (Å²) in [6.07, 6.45) is 5.36. The maximum Gasteiger partial charge on any atom is 0.139 e. The summed E-state index contributed by atoms with van der Waals surface area (Å²) >= 11 is 9.11. The topological polar surface area (TPSA) is 35.6 Å². The zero-order chi connectivity index (χ0) is 14.1. The first-order valence-electron chi connectivity index (χ1n) is 6.05. The minimum absolute atomic E-state index is 0.290. The number of aryl methyl sites for hydroxylation is 2. The Labute approximate surface area is 128 Å². The molecule has 20 heavy (non-hydrogen) atoms. The minimum atomic E-state index is -0.303. The normalized spacial score (nSPS) is 11.3. The fourth-order valence-electron chi connectivity index (χ4n) is 2.16. The van der Waals surface area contributed by atoms with Crippen LogP contribution in [0.5, 0.6) is 0 Å². The summed E-state index contributed by atoms with van der Waals surface area (Å²) in [4.78, 5) is 8.44. The largest absolute Gasteiger partial charge is 0.336 e. The van der Waals surface area contributed by atoms with E-state index < -0.39 is 0 Å². The van der Waals surface area contributed by atoms with E-state index in [0.717, 1.165) is 23.4 Å². The predicted molar refractivity (Wildman–Crippen MR) is 79.2 cm³/mol. The monoisotopic (exact) mass is 356 g/mol. The summed E-state index contributed by atoms with van der Waals surface area (Å²) in [5.41, 5.74) is 1.49. The van der Waals surface area contributed by atoms with Crippen molar-refractivity contribution >= 4 is 38.6 Å². The summed E-state index contributed by atoms with van der Waals surface area (Å²) in [5, 5.41) is 0. The Morgan fingerprint density at radius 2 is 2.15 bits per heavy atom. The highest BCUT2D eigenvalue weighted by Crippen LogP contribution is 2.24. The molecule has 0 saturated carbocycles. The molecule has 0 radical (unpaired) electrons. The van der Waals surface area contributed by atoms with Gasteiger partial charge in [-0.2, -0.15) is 0 Å². The van der Waals surface area contributed by atoms with Crippen molar-refractivity contribution in [1.29, 1.82) is 0 Å². The van der Waals surface area contributed by atoms with Crippen molar-refractivity contribution in [3.05, 3.63) is 47.0 Å². The van der Waals surface area contributed by atoms with E-state index in [-0.39, 0.29) is 11.7 Å². The van der Waals surface area contributed by atoms with Gasteiger partial charge in [0.25, 0.3) is 0 Å². The van der Waals surface area contributed by atoms with Crippen LogP contribution in [0.25, 0.3) is 11.0 Å². The molecule has 3 aromatic rings. The number of alkyl halides is 1. The molecule has 1 aromatic carbocycles. The average molecular weight is 358 g/mol. The molecule has 4 nitrogen and oxygen atoms in total. The Bertz CT molecular complexity index is 738. The molecule has 0 aliphatic rings. The van der Waals surface area contributed by atoms with Crippen LogP contribution < -0.4 is 0 Å². The minimum Gasteiger partial charge on any atom is -0.336 e. The van der Waals surface area contributed by atoms with Gasteiger partial charge >= 0.3 is 0 Å². The van der Waals surface area contributed by atoms with Gasteiger partial charge in [0.2, 0.25) is 0 Å². The smallest absolute Gasteiger partial charge is 0.139 e. The van der Waals surface area contributed by atoms with E-state index in [4.69, 9.17) is 11.6 Å². The number of fused-ring (bicyclic) bond motifs is 1. The van der Waals surface area contributed by atoms with Crippen LogP contribution in [-0.2, 0) is 19.0 Å². The van der Waals surface area contributed by atoms with E-state index in [1.54, 1.807) is 18.6 Å². The van der Waals surface area contributed by atoms with Gasteiger partial charge in [0.1, 0.15) is 11.6 Å². The number of imidazole rings is 2. The van der Waals surface area contributed by atoms with Crippen LogP contribution in [0.2, 0.25) is 0 Å². The molecule has 0 bridgehead atoms. The number of rotatable bonds is 4. The van der Waals surface area contributed by atoms with E-state index in [9.17, 15) is 4.39 Å². The van der Waals surface area contributed by atoms with E-state index in [1.807, 2.05) is 15.3 Å². The summed E-state index contributed by atoms with van der Waals surface area (Å²) in [6.45, 7) is 1.39. The second-order valence-corrected chi connectivity index (χ2v) is 5.49. The first-order chi connectivity index (χ1) is 9.69. The van der Waals surface area contributed by atoms with Crippen molar-refractivity contribution in [1.82, 2.24) is 19.1 Å². The van der Waals surface area contributed by atoms with Gasteiger partial charge < -0.3 is 9.13 Å². The zero-order valence-electron chi connectivity index (χ0n) is 10.4. The number of aromatic nitrogens is 4. The molecule has 3 rings (SSSR count). The quantitative estimate of drug-likeness (QED) is 0.669. The van der Waals surface area contributed by atoms with E-state index in [0.29, 0.717) is 11.0 Å². The highest BCUT2D eigenvalue weighted by atomic mass is 79.9. The molecule has 0 unspecified atom stereocenters. The highest BCUT2D eigenvalue weighted by molar-refractivity contribution is 9.10. The molecule has 0 aliphatic carbocycles. The van der Waals surface area contributed by atoms with E-state index >= 15 is 0 Å². The number of hydrogen-bond donors (Lipinski definition) is 0. The molecule has 104 valence electrons. The highest BCUT2D eigenvalue weighted by Gasteiger charge is 2.12. The lowest BCUT2D eigenvalue weighted by Crippen LogP contribution is -2.08. The summed E-state index contributed by atoms with van der Waals surface area (Å²) in [7, 11) is 0. The van der Waals surface area contributed by atoms with Crippen LogP contribution in [0.4, 0.5) is 4.39 Å². The maximum atomic E-state index is 13.7. The van der Waals surface area contributed by atoms with Crippen molar-refractivity contribution in [2.75, 3.05) is 0 Å². The standard InChI is InChI=1S/C13H11BrClFN4/c14-9-5-11-12(6-10(9)16)20(13(7-15)18-11)4-3-19-2-1-17-8-19/h1-2,5-6,8H,3-4,7H2. The Morgan fingerprint density at radius 3 is 2.85 bits per heavy atom. The molecule has 0 aliphatic heterocycles. The third-order valence-corrected chi connectivity index (χ3v) is 3.98. The van der Waals surface area contributed by atoms with Gasteiger partial charge in [0, 0.05) is 31.5 Å². The number of nitrogens with zero attached hydrogens (tertiary/aromatic N) is 4. The Kier molecular flexibility index (Phi) is 3.76. The lowest BCUT2D eigenvalue weighted by molar-refractivity contribution is 0.574. The van der Waals surface area contributed by atoms with Gasteiger partial charge in [-0.1, -0.05) is 0 Å². The zero-order valence-corrected chi connectivity index (χ0v) is 12.8. The Balaban J connectivity index is 2.01. The van der Waals surface area contributed by atoms with Crippen LogP contribution >= 0.6 is 27.5 Å². The second-order valence-electron chi connectivity index (χ2n) is 4.37. The maximum absolute atomic E-state index is 13.7. The molecular formula is C13H11BrClFN4. The van der Waals surface area contributed by atoms with Crippen LogP contribution in [0.3, 0.4) is 0 Å². The molecule has 2 heterocycles. The first-order valence-corrected chi connectivity index (χ1v) is 7.37. The van der Waals surface area contributed by atoms with Gasteiger partial charge in [0.15, 0.2) is 0 Å². The van der Waals surface area contributed by atoms with Gasteiger partial charge in [-0.15, -0.1) is 11.6 Å². The summed E-state index contributed by atoms with van der Waals surface area (Å²) in [6, 6.07) is 3.16. The fourth-order valence-corrected chi connectivity index (χ4v) is 2.69. The molecule has 0 atom stereocenters. The van der Waals surface area contributed by atoms with Gasteiger partial charge in [0.05, 0.1) is 27.7 Å². The van der Waals surface area contributed by atoms with Gasteiger partial charge in [-0.05, 0) is 22.0 Å². The third-order valence-electron chi connectivity index (χ3n) is 3.13. The lowest BCUT2D eigenvalue weighted by atomic mass is 10.3. The SMILES string of the molecule is Fc1cc2c(cc1Br)nc(CCl)n2CCn1ccnc1. The van der Waals surface area contributed by atoms with Crippen LogP contribution in [-0.4, -0.2) is 19.1 Å². The summed E-state index contributed by atoms with van der Waals surface area (Å²) < 4.78 is 18.0. The average Bonchev–Trinajstić information content (AvgIpc) is 3.05. The fraction of sp³-hybridized carbons (Fsp3) is 0.231. The molecule has 0 saturated heterocycles. The lowest BCUT2D eigenvalue weighted by Gasteiger charge is -2.08. The number of hydrogen-bond acceptors (Lipinski definition) is 2. The van der Waals surface area contributed by atoms with Crippen molar-refractivity contribution < 1.29 is 4.39 Å². The van der Waals surface area contributed by atoms with E-state index in [2.05, 4.69) is 25.9 Å². The van der Waals surface area contributed by atoms with Crippen molar-refractivity contribution in [3.63, 3.8) is 0 Å². The van der Waals surface area contributed by atoms with Crippen molar-refractivity contribution in [2.24, 2.45) is 0 Å². The first kappa shape index (κ1) is 13.6. The van der Waals surface area contributed by atoms with Crippen molar-refractivity contribution in [3.8, 4) is 0 Å². The van der Waals surface area contributed by atoms with Crippen LogP contribution in [0.1, 0.15) is 5.82 Å². The Morgan fingerprint density at radius 1 is 1.30 bits per heavy atom. The molecule has 7 heteroatoms. The molecule has 0 spiro atoms. The number of benzene rings is 1. The molecule has 2 aromatic heterocycles. The second kappa shape index (κ2) is 5.54. The van der Waals surface area contributed by atoms with E-state index in [1.165, 1.54) is 6.07 Å². The number of halogens is 3. The van der Waals surface area contributed by atoms with Gasteiger partial charge in [-0.3, -0.25) is 0 Å². The molecule has 0 amide bonds. The van der Waals surface area contributed by atoms with Crippen LogP contribution in [0, 0.1) is 5.82 Å². The molecule has 0 fully saturated rings. The molecular weight excluding hydrogens is 347 g/mol. The third kappa shape index (κ3) is 2.45. The summed E-state index contributed by atoms with van der Waals surface area (Å²) in [5.74, 6) is 0.722. The predicted octanol–water partition coefficient (Wildman–Crippen LogP) is 3.57. The van der Waals surface area contributed by atoms with Crippen LogP contribution in [0.15, 0.2) is 35.3 Å². The molecule has 0 N–H and O–H groups in total.